The van der Waals surface area contributed by atoms with Gasteiger partial charge in [-0.2, -0.15) is 0 Å². The highest BCUT2D eigenvalue weighted by Gasteiger charge is 2.59. The molecule has 118 valence electrons. The molecule has 2 bridgehead atoms. The Balaban J connectivity index is 1.46. The zero-order chi connectivity index (χ0) is 15.3. The van der Waals surface area contributed by atoms with Crippen molar-refractivity contribution in [3.8, 4) is 0 Å². The molecule has 0 aromatic rings. The summed E-state index contributed by atoms with van der Waals surface area (Å²) in [6.07, 6.45) is 9.45. The SMILES string of the molecule is O=C(CN1C(=O)[C@@H]2[C@@H](C1=O)[C@H]1C=C[C@@H]2C1)N1CCCCCC1. The molecule has 4 rings (SSSR count). The molecule has 0 aromatic carbocycles. The van der Waals surface area contributed by atoms with E-state index in [1.54, 1.807) is 0 Å². The summed E-state index contributed by atoms with van der Waals surface area (Å²) >= 11 is 0. The van der Waals surface area contributed by atoms with Crippen LogP contribution in [0.3, 0.4) is 0 Å². The molecule has 2 aliphatic carbocycles. The van der Waals surface area contributed by atoms with E-state index in [0.717, 1.165) is 45.2 Å². The number of nitrogens with zero attached hydrogens (tertiary/aromatic N) is 2. The lowest BCUT2D eigenvalue weighted by Gasteiger charge is -2.24. The van der Waals surface area contributed by atoms with E-state index < -0.39 is 0 Å². The number of carbonyl (C=O) groups excluding carboxylic acids is 3. The van der Waals surface area contributed by atoms with Gasteiger partial charge >= 0.3 is 0 Å². The maximum Gasteiger partial charge on any atom is 0.242 e. The van der Waals surface area contributed by atoms with E-state index in [1.165, 1.54) is 4.90 Å². The second kappa shape index (κ2) is 5.21. The number of amides is 3. The lowest BCUT2D eigenvalue weighted by Crippen LogP contribution is -2.44. The second-order valence-corrected chi connectivity index (χ2v) is 7.06. The van der Waals surface area contributed by atoms with Crippen LogP contribution >= 0.6 is 0 Å². The van der Waals surface area contributed by atoms with Crippen LogP contribution in [0, 0.1) is 23.7 Å². The van der Waals surface area contributed by atoms with Crippen molar-refractivity contribution >= 4 is 17.7 Å². The third kappa shape index (κ3) is 2.02. The fraction of sp³-hybridized carbons (Fsp3) is 0.706. The third-order valence-corrected chi connectivity index (χ3v) is 5.81. The van der Waals surface area contributed by atoms with E-state index in [-0.39, 0.29) is 47.9 Å². The Hall–Kier alpha value is -1.65. The molecule has 0 radical (unpaired) electrons. The van der Waals surface area contributed by atoms with Crippen molar-refractivity contribution in [2.24, 2.45) is 23.7 Å². The smallest absolute Gasteiger partial charge is 0.242 e. The summed E-state index contributed by atoms with van der Waals surface area (Å²) in [5, 5.41) is 0. The molecular formula is C17H22N2O3. The molecule has 0 aromatic heterocycles. The maximum atomic E-state index is 12.6. The van der Waals surface area contributed by atoms with Gasteiger partial charge in [0.2, 0.25) is 17.7 Å². The van der Waals surface area contributed by atoms with Gasteiger partial charge in [0, 0.05) is 13.1 Å². The molecule has 1 saturated carbocycles. The molecule has 0 spiro atoms. The quantitative estimate of drug-likeness (QED) is 0.569. The van der Waals surface area contributed by atoms with Crippen LogP contribution in [0.1, 0.15) is 32.1 Å². The van der Waals surface area contributed by atoms with Crippen molar-refractivity contribution in [3.63, 3.8) is 0 Å². The Morgan fingerprint density at radius 1 is 0.955 bits per heavy atom. The van der Waals surface area contributed by atoms with E-state index in [1.807, 2.05) is 4.90 Å². The molecule has 5 nitrogen and oxygen atoms in total. The van der Waals surface area contributed by atoms with Gasteiger partial charge in [0.25, 0.3) is 0 Å². The summed E-state index contributed by atoms with van der Waals surface area (Å²) in [5.74, 6) is -0.262. The Labute approximate surface area is 130 Å². The standard InChI is InChI=1S/C17H22N2O3/c20-13(18-7-3-1-2-4-8-18)10-19-16(21)14-11-5-6-12(9-11)15(14)17(19)22/h5-6,11-12,14-15H,1-4,7-10H2/t11-,12+,14-,15-/m0/s1. The van der Waals surface area contributed by atoms with Crippen LogP contribution in [-0.2, 0) is 14.4 Å². The predicted octanol–water partition coefficient (Wildman–Crippen LogP) is 1.20. The molecule has 3 fully saturated rings. The highest BCUT2D eigenvalue weighted by molar-refractivity contribution is 6.08. The zero-order valence-corrected chi connectivity index (χ0v) is 12.7. The van der Waals surface area contributed by atoms with Crippen molar-refractivity contribution in [2.75, 3.05) is 19.6 Å². The topological polar surface area (TPSA) is 57.7 Å². The second-order valence-electron chi connectivity index (χ2n) is 7.06. The van der Waals surface area contributed by atoms with Gasteiger partial charge < -0.3 is 4.90 Å². The van der Waals surface area contributed by atoms with Gasteiger partial charge in [0.05, 0.1) is 11.8 Å². The lowest BCUT2D eigenvalue weighted by atomic mass is 9.85. The average Bonchev–Trinajstić information content (AvgIpc) is 3.09. The minimum absolute atomic E-state index is 0.0515. The van der Waals surface area contributed by atoms with Crippen molar-refractivity contribution in [1.29, 1.82) is 0 Å². The Kier molecular flexibility index (Phi) is 3.31. The fourth-order valence-corrected chi connectivity index (χ4v) is 4.68. The molecule has 4 atom stereocenters. The summed E-state index contributed by atoms with van der Waals surface area (Å²) in [5.41, 5.74) is 0. The number of allylic oxidation sites excluding steroid dienone is 2. The van der Waals surface area contributed by atoms with Crippen LogP contribution < -0.4 is 0 Å². The number of rotatable bonds is 2. The first-order valence-electron chi connectivity index (χ1n) is 8.48. The maximum absolute atomic E-state index is 12.6. The first-order chi connectivity index (χ1) is 10.7. The lowest BCUT2D eigenvalue weighted by molar-refractivity contribution is -0.147. The van der Waals surface area contributed by atoms with Gasteiger partial charge in [-0.05, 0) is 31.1 Å². The van der Waals surface area contributed by atoms with Gasteiger partial charge in [0.15, 0.2) is 0 Å². The number of carbonyl (C=O) groups is 3. The van der Waals surface area contributed by atoms with Crippen LogP contribution in [0.15, 0.2) is 12.2 Å². The van der Waals surface area contributed by atoms with Crippen molar-refractivity contribution in [1.82, 2.24) is 9.80 Å². The molecule has 2 heterocycles. The molecule has 3 amide bonds. The normalized spacial score (nSPS) is 36.9. The van der Waals surface area contributed by atoms with Crippen LogP contribution in [0.5, 0.6) is 0 Å². The predicted molar refractivity (Wildman–Crippen MR) is 79.5 cm³/mol. The Morgan fingerprint density at radius 2 is 1.50 bits per heavy atom. The monoisotopic (exact) mass is 302 g/mol. The van der Waals surface area contributed by atoms with Gasteiger partial charge in [-0.15, -0.1) is 0 Å². The van der Waals surface area contributed by atoms with Gasteiger partial charge in [-0.3, -0.25) is 19.3 Å². The molecular weight excluding hydrogens is 280 g/mol. The van der Waals surface area contributed by atoms with Crippen molar-refractivity contribution in [2.45, 2.75) is 32.1 Å². The van der Waals surface area contributed by atoms with Gasteiger partial charge in [-0.1, -0.05) is 25.0 Å². The first-order valence-corrected chi connectivity index (χ1v) is 8.48. The summed E-state index contributed by atoms with van der Waals surface area (Å²) < 4.78 is 0. The third-order valence-electron chi connectivity index (χ3n) is 5.81. The largest absolute Gasteiger partial charge is 0.341 e. The van der Waals surface area contributed by atoms with E-state index in [4.69, 9.17) is 0 Å². The van der Waals surface area contributed by atoms with Crippen LogP contribution in [0.25, 0.3) is 0 Å². The summed E-state index contributed by atoms with van der Waals surface area (Å²) in [7, 11) is 0. The minimum atomic E-state index is -0.195. The molecule has 0 N–H and O–H groups in total. The fourth-order valence-electron chi connectivity index (χ4n) is 4.68. The van der Waals surface area contributed by atoms with Gasteiger partial charge in [0.1, 0.15) is 6.54 Å². The summed E-state index contributed by atoms with van der Waals surface area (Å²) in [6.45, 7) is 1.47. The van der Waals surface area contributed by atoms with Crippen LogP contribution in [-0.4, -0.2) is 47.2 Å². The van der Waals surface area contributed by atoms with Crippen molar-refractivity contribution in [3.05, 3.63) is 12.2 Å². The number of likely N-dealkylation sites (tertiary alicyclic amines) is 2. The molecule has 0 unspecified atom stereocenters. The summed E-state index contributed by atoms with van der Waals surface area (Å²) in [6, 6.07) is 0. The van der Waals surface area contributed by atoms with E-state index >= 15 is 0 Å². The highest BCUT2D eigenvalue weighted by Crippen LogP contribution is 2.52. The van der Waals surface area contributed by atoms with Gasteiger partial charge in [-0.25, -0.2) is 0 Å². The summed E-state index contributed by atoms with van der Waals surface area (Å²) in [4.78, 5) is 40.7. The van der Waals surface area contributed by atoms with Crippen LogP contribution in [0.2, 0.25) is 0 Å². The minimum Gasteiger partial charge on any atom is -0.341 e. The molecule has 5 heteroatoms. The first kappa shape index (κ1) is 14.0. The van der Waals surface area contributed by atoms with E-state index in [2.05, 4.69) is 12.2 Å². The Morgan fingerprint density at radius 3 is 2.05 bits per heavy atom. The molecule has 2 aliphatic heterocycles. The number of fused-ring (bicyclic) bond motifs is 5. The molecule has 4 aliphatic rings. The van der Waals surface area contributed by atoms with Crippen molar-refractivity contribution < 1.29 is 14.4 Å². The van der Waals surface area contributed by atoms with E-state index in [0.29, 0.717) is 0 Å². The average molecular weight is 302 g/mol. The molecule has 22 heavy (non-hydrogen) atoms. The Bertz CT molecular complexity index is 518. The highest BCUT2D eigenvalue weighted by atomic mass is 16.2. The number of hydrogen-bond acceptors (Lipinski definition) is 3. The number of imide groups is 1. The van der Waals surface area contributed by atoms with E-state index in [9.17, 15) is 14.4 Å². The zero-order valence-electron chi connectivity index (χ0n) is 12.7. The van der Waals surface area contributed by atoms with Crippen LogP contribution in [0.4, 0.5) is 0 Å². The number of hydrogen-bond donors (Lipinski definition) is 0. The molecule has 2 saturated heterocycles.